The Hall–Kier alpha value is -2.49. The molecule has 4 nitrogen and oxygen atoms in total. The van der Waals surface area contributed by atoms with Crippen molar-refractivity contribution in [1.29, 1.82) is 0 Å². The van der Waals surface area contributed by atoms with E-state index >= 15 is 0 Å². The van der Waals surface area contributed by atoms with Gasteiger partial charge in [0, 0.05) is 11.8 Å². The lowest BCUT2D eigenvalue weighted by molar-refractivity contribution is -0.115. The number of rotatable bonds is 3. The molecule has 0 aliphatic heterocycles. The first-order valence-corrected chi connectivity index (χ1v) is 5.57. The van der Waals surface area contributed by atoms with E-state index in [1.807, 2.05) is 30.3 Å². The number of hydrogen-bond acceptors (Lipinski definition) is 3. The Morgan fingerprint density at radius 2 is 1.89 bits per heavy atom. The van der Waals surface area contributed by atoms with Crippen LogP contribution in [0.4, 0.5) is 11.4 Å². The molecule has 2 aromatic carbocycles. The van der Waals surface area contributed by atoms with Crippen LogP contribution in [-0.4, -0.2) is 11.0 Å². The van der Waals surface area contributed by atoms with E-state index in [9.17, 15) is 9.90 Å². The van der Waals surface area contributed by atoms with Crippen molar-refractivity contribution in [1.82, 2.24) is 0 Å². The van der Waals surface area contributed by atoms with Crippen LogP contribution in [0.1, 0.15) is 5.56 Å². The van der Waals surface area contributed by atoms with Gasteiger partial charge in [0.15, 0.2) is 0 Å². The van der Waals surface area contributed by atoms with Crippen LogP contribution in [0.15, 0.2) is 48.5 Å². The zero-order valence-corrected chi connectivity index (χ0v) is 9.76. The molecule has 0 heterocycles. The summed E-state index contributed by atoms with van der Waals surface area (Å²) in [6, 6.07) is 14.1. The summed E-state index contributed by atoms with van der Waals surface area (Å²) in [5.74, 6) is -0.169. The summed E-state index contributed by atoms with van der Waals surface area (Å²) >= 11 is 0. The maximum absolute atomic E-state index is 11.8. The number of benzene rings is 2. The van der Waals surface area contributed by atoms with E-state index in [-0.39, 0.29) is 17.3 Å². The molecule has 0 radical (unpaired) electrons. The van der Waals surface area contributed by atoms with Gasteiger partial charge in [0.25, 0.3) is 0 Å². The van der Waals surface area contributed by atoms with Crippen LogP contribution >= 0.6 is 0 Å². The molecule has 18 heavy (non-hydrogen) atoms. The molecule has 2 rings (SSSR count). The molecule has 92 valence electrons. The average molecular weight is 242 g/mol. The van der Waals surface area contributed by atoms with Gasteiger partial charge in [0.05, 0.1) is 12.1 Å². The second kappa shape index (κ2) is 5.23. The smallest absolute Gasteiger partial charge is 0.228 e. The van der Waals surface area contributed by atoms with E-state index in [4.69, 9.17) is 5.73 Å². The van der Waals surface area contributed by atoms with E-state index in [2.05, 4.69) is 5.32 Å². The Balaban J connectivity index is 2.01. The molecule has 4 heteroatoms. The first-order chi connectivity index (χ1) is 8.65. The lowest BCUT2D eigenvalue weighted by atomic mass is 10.1. The summed E-state index contributed by atoms with van der Waals surface area (Å²) in [4.78, 5) is 11.8. The van der Waals surface area contributed by atoms with Crippen LogP contribution in [-0.2, 0) is 11.2 Å². The number of nitrogen functional groups attached to an aromatic ring is 1. The lowest BCUT2D eigenvalue weighted by Gasteiger charge is -2.06. The molecule has 0 bridgehead atoms. The number of amides is 1. The zero-order valence-electron chi connectivity index (χ0n) is 9.76. The maximum atomic E-state index is 11.8. The fourth-order valence-corrected chi connectivity index (χ4v) is 1.61. The minimum absolute atomic E-state index is 0.0347. The number of nitrogens with one attached hydrogen (secondary N) is 1. The minimum atomic E-state index is -0.134. The third-order valence-electron chi connectivity index (χ3n) is 2.52. The summed E-state index contributed by atoms with van der Waals surface area (Å²) < 4.78 is 0. The Morgan fingerprint density at radius 3 is 2.56 bits per heavy atom. The minimum Gasteiger partial charge on any atom is -0.506 e. The van der Waals surface area contributed by atoms with E-state index in [0.29, 0.717) is 12.1 Å². The molecular formula is C14H14N2O2. The summed E-state index contributed by atoms with van der Waals surface area (Å²) in [7, 11) is 0. The number of aromatic hydroxyl groups is 1. The van der Waals surface area contributed by atoms with Crippen molar-refractivity contribution in [2.75, 3.05) is 11.1 Å². The monoisotopic (exact) mass is 242 g/mol. The van der Waals surface area contributed by atoms with Gasteiger partial charge < -0.3 is 16.2 Å². The molecule has 0 aromatic heterocycles. The largest absolute Gasteiger partial charge is 0.506 e. The van der Waals surface area contributed by atoms with Crippen LogP contribution in [0, 0.1) is 0 Å². The molecule has 0 atom stereocenters. The zero-order chi connectivity index (χ0) is 13.0. The average Bonchev–Trinajstić information content (AvgIpc) is 2.35. The standard InChI is InChI=1S/C14H14N2O2/c15-12-7-6-11(9-13(12)17)16-14(18)8-10-4-2-1-3-5-10/h1-7,9,17H,8,15H2,(H,16,18). The van der Waals surface area contributed by atoms with Crippen LogP contribution in [0.3, 0.4) is 0 Å². The Kier molecular flexibility index (Phi) is 3.48. The van der Waals surface area contributed by atoms with Crippen LogP contribution in [0.25, 0.3) is 0 Å². The highest BCUT2D eigenvalue weighted by Crippen LogP contribution is 2.23. The van der Waals surface area contributed by atoms with Crippen molar-refractivity contribution in [3.05, 3.63) is 54.1 Å². The summed E-state index contributed by atoms with van der Waals surface area (Å²) in [6.07, 6.45) is 0.298. The first kappa shape index (κ1) is 12.0. The molecule has 0 aliphatic carbocycles. The normalized spacial score (nSPS) is 10.0. The third-order valence-corrected chi connectivity index (χ3v) is 2.52. The topological polar surface area (TPSA) is 75.3 Å². The molecule has 0 saturated heterocycles. The molecule has 0 aliphatic rings. The summed E-state index contributed by atoms with van der Waals surface area (Å²) in [5, 5.41) is 12.1. The number of nitrogens with two attached hydrogens (primary N) is 1. The Labute approximate surface area is 105 Å². The predicted octanol–water partition coefficient (Wildman–Crippen LogP) is 2.16. The van der Waals surface area contributed by atoms with Gasteiger partial charge in [-0.1, -0.05) is 30.3 Å². The number of carbonyl (C=O) groups excluding carboxylic acids is 1. The van der Waals surface area contributed by atoms with Gasteiger partial charge in [-0.3, -0.25) is 4.79 Å². The Bertz CT molecular complexity index is 553. The SMILES string of the molecule is Nc1ccc(NC(=O)Cc2ccccc2)cc1O. The maximum Gasteiger partial charge on any atom is 0.228 e. The summed E-state index contributed by atoms with van der Waals surface area (Å²) in [5.41, 5.74) is 7.24. The molecule has 0 unspecified atom stereocenters. The van der Waals surface area contributed by atoms with Crippen molar-refractivity contribution in [3.8, 4) is 5.75 Å². The third kappa shape index (κ3) is 3.01. The molecule has 0 spiro atoms. The molecule has 4 N–H and O–H groups in total. The molecule has 0 fully saturated rings. The van der Waals surface area contributed by atoms with Gasteiger partial charge in [-0.2, -0.15) is 0 Å². The van der Waals surface area contributed by atoms with Gasteiger partial charge in [0.2, 0.25) is 5.91 Å². The van der Waals surface area contributed by atoms with E-state index in [0.717, 1.165) is 5.56 Å². The highest BCUT2D eigenvalue weighted by molar-refractivity contribution is 5.92. The fourth-order valence-electron chi connectivity index (χ4n) is 1.61. The second-order valence-electron chi connectivity index (χ2n) is 3.98. The quantitative estimate of drug-likeness (QED) is 0.570. The van der Waals surface area contributed by atoms with Gasteiger partial charge >= 0.3 is 0 Å². The summed E-state index contributed by atoms with van der Waals surface area (Å²) in [6.45, 7) is 0. The number of carbonyl (C=O) groups is 1. The number of phenols is 1. The van der Waals surface area contributed by atoms with Gasteiger partial charge in [-0.15, -0.1) is 0 Å². The second-order valence-corrected chi connectivity index (χ2v) is 3.98. The van der Waals surface area contributed by atoms with Crippen molar-refractivity contribution in [3.63, 3.8) is 0 Å². The van der Waals surface area contributed by atoms with Crippen molar-refractivity contribution in [2.24, 2.45) is 0 Å². The van der Waals surface area contributed by atoms with E-state index < -0.39 is 0 Å². The highest BCUT2D eigenvalue weighted by atomic mass is 16.3. The van der Waals surface area contributed by atoms with Crippen molar-refractivity contribution < 1.29 is 9.90 Å². The van der Waals surface area contributed by atoms with E-state index in [1.165, 1.54) is 6.07 Å². The fraction of sp³-hybridized carbons (Fsp3) is 0.0714. The molecule has 2 aromatic rings. The molecule has 1 amide bonds. The lowest BCUT2D eigenvalue weighted by Crippen LogP contribution is -2.14. The highest BCUT2D eigenvalue weighted by Gasteiger charge is 2.05. The number of anilines is 2. The van der Waals surface area contributed by atoms with E-state index in [1.54, 1.807) is 12.1 Å². The molecule has 0 saturated carbocycles. The van der Waals surface area contributed by atoms with Gasteiger partial charge in [-0.05, 0) is 17.7 Å². The van der Waals surface area contributed by atoms with Crippen LogP contribution < -0.4 is 11.1 Å². The van der Waals surface area contributed by atoms with Crippen LogP contribution in [0.5, 0.6) is 5.75 Å². The van der Waals surface area contributed by atoms with Crippen LogP contribution in [0.2, 0.25) is 0 Å². The Morgan fingerprint density at radius 1 is 1.17 bits per heavy atom. The van der Waals surface area contributed by atoms with Gasteiger partial charge in [-0.25, -0.2) is 0 Å². The number of phenolic OH excluding ortho intramolecular Hbond substituents is 1. The van der Waals surface area contributed by atoms with Gasteiger partial charge in [0.1, 0.15) is 5.75 Å². The van der Waals surface area contributed by atoms with Crippen molar-refractivity contribution in [2.45, 2.75) is 6.42 Å². The van der Waals surface area contributed by atoms with Crippen molar-refractivity contribution >= 4 is 17.3 Å². The number of hydrogen-bond donors (Lipinski definition) is 3. The first-order valence-electron chi connectivity index (χ1n) is 5.57. The molecular weight excluding hydrogens is 228 g/mol. The predicted molar refractivity (Wildman–Crippen MR) is 71.3 cm³/mol.